The molecule has 1 saturated heterocycles. The Kier molecular flexibility index (Phi) is 14.6. The molecule has 5 nitrogen and oxygen atoms in total. The molecule has 1 aliphatic carbocycles. The van der Waals surface area contributed by atoms with Crippen molar-refractivity contribution in [3.63, 3.8) is 0 Å². The lowest BCUT2D eigenvalue weighted by Crippen LogP contribution is -2.38. The third kappa shape index (κ3) is 11.5. The number of halogens is 1. The Hall–Kier alpha value is -0.0800. The van der Waals surface area contributed by atoms with Crippen molar-refractivity contribution in [1.82, 2.24) is 20.4 Å². The Morgan fingerprint density at radius 3 is 2.56 bits per heavy atom. The van der Waals surface area contributed by atoms with Crippen molar-refractivity contribution in [3.8, 4) is 0 Å². The van der Waals surface area contributed by atoms with Crippen LogP contribution in [0.3, 0.4) is 0 Å². The summed E-state index contributed by atoms with van der Waals surface area (Å²) in [5.41, 5.74) is 0. The first-order valence-corrected chi connectivity index (χ1v) is 11.2. The Morgan fingerprint density at radius 2 is 1.78 bits per heavy atom. The van der Waals surface area contributed by atoms with Gasteiger partial charge in [-0.1, -0.05) is 32.1 Å². The molecule has 0 aromatic rings. The highest BCUT2D eigenvalue weighted by atomic mass is 127. The van der Waals surface area contributed by atoms with Crippen LogP contribution in [0.25, 0.3) is 0 Å². The molecular weight excluding hydrogens is 449 g/mol. The highest BCUT2D eigenvalue weighted by Crippen LogP contribution is 2.26. The first kappa shape index (κ1) is 25.0. The molecule has 27 heavy (non-hydrogen) atoms. The van der Waals surface area contributed by atoms with Crippen LogP contribution in [-0.4, -0.2) is 75.2 Å². The number of likely N-dealkylation sites (N-methyl/N-ethyl adjacent to an activating group) is 1. The van der Waals surface area contributed by atoms with Gasteiger partial charge in [-0.25, -0.2) is 0 Å². The van der Waals surface area contributed by atoms with Gasteiger partial charge in [-0.15, -0.1) is 24.0 Å². The monoisotopic (exact) mass is 493 g/mol. The third-order valence-electron chi connectivity index (χ3n) is 5.87. The Balaban J connectivity index is 0.00000364. The normalized spacial score (nSPS) is 20.7. The van der Waals surface area contributed by atoms with Gasteiger partial charge in [0.05, 0.1) is 0 Å². The zero-order chi connectivity index (χ0) is 18.5. The summed E-state index contributed by atoms with van der Waals surface area (Å²) in [6.07, 6.45) is 12.4. The van der Waals surface area contributed by atoms with E-state index in [4.69, 9.17) is 4.99 Å². The molecule has 1 heterocycles. The molecule has 1 aliphatic heterocycles. The number of hydrogen-bond donors (Lipinski definition) is 2. The van der Waals surface area contributed by atoms with E-state index in [0.717, 1.165) is 37.9 Å². The van der Waals surface area contributed by atoms with E-state index in [1.54, 1.807) is 0 Å². The summed E-state index contributed by atoms with van der Waals surface area (Å²) >= 11 is 0. The van der Waals surface area contributed by atoms with Crippen molar-refractivity contribution >= 4 is 29.9 Å². The number of nitrogens with one attached hydrogen (secondary N) is 2. The van der Waals surface area contributed by atoms with E-state index >= 15 is 0 Å². The van der Waals surface area contributed by atoms with Gasteiger partial charge in [-0.2, -0.15) is 0 Å². The fraction of sp³-hybridized carbons (Fsp3) is 0.952. The van der Waals surface area contributed by atoms with Gasteiger partial charge in [-0.05, 0) is 65.2 Å². The van der Waals surface area contributed by atoms with E-state index in [-0.39, 0.29) is 24.0 Å². The summed E-state index contributed by atoms with van der Waals surface area (Å²) in [6.45, 7) is 11.1. The van der Waals surface area contributed by atoms with Gasteiger partial charge in [-0.3, -0.25) is 4.99 Å². The fourth-order valence-corrected chi connectivity index (χ4v) is 4.22. The summed E-state index contributed by atoms with van der Waals surface area (Å²) < 4.78 is 0. The molecule has 0 unspecified atom stereocenters. The van der Waals surface area contributed by atoms with Crippen LogP contribution in [-0.2, 0) is 0 Å². The molecule has 1 saturated carbocycles. The van der Waals surface area contributed by atoms with Crippen LogP contribution >= 0.6 is 24.0 Å². The van der Waals surface area contributed by atoms with Crippen LogP contribution in [0, 0.1) is 5.92 Å². The standard InChI is InChI=1S/C21H43N5.HI/c1-3-22-21(23-13-7-12-20-10-5-4-6-11-20)24-14-8-16-26-17-9-15-25(2)18-19-26;/h20H,3-19H2,1-2H3,(H2,22,23,24);1H. The third-order valence-corrected chi connectivity index (χ3v) is 5.87. The summed E-state index contributed by atoms with van der Waals surface area (Å²) in [7, 11) is 2.23. The number of rotatable bonds is 9. The molecule has 0 aromatic heterocycles. The van der Waals surface area contributed by atoms with E-state index in [9.17, 15) is 0 Å². The van der Waals surface area contributed by atoms with Crippen LogP contribution in [0.1, 0.15) is 64.7 Å². The maximum Gasteiger partial charge on any atom is 0.191 e. The van der Waals surface area contributed by atoms with Gasteiger partial charge >= 0.3 is 0 Å². The molecule has 6 heteroatoms. The number of hydrogen-bond acceptors (Lipinski definition) is 3. The molecule has 0 amide bonds. The van der Waals surface area contributed by atoms with E-state index in [0.29, 0.717) is 0 Å². The summed E-state index contributed by atoms with van der Waals surface area (Å²) in [5.74, 6) is 1.99. The smallest absolute Gasteiger partial charge is 0.191 e. The molecule has 0 spiro atoms. The lowest BCUT2D eigenvalue weighted by molar-refractivity contribution is 0.275. The number of aliphatic imine (C=N–C) groups is 1. The summed E-state index contributed by atoms with van der Waals surface area (Å²) in [5, 5.41) is 6.93. The predicted octanol–water partition coefficient (Wildman–Crippen LogP) is 3.55. The van der Waals surface area contributed by atoms with Crippen LogP contribution in [0.4, 0.5) is 0 Å². The van der Waals surface area contributed by atoms with Crippen LogP contribution in [0.2, 0.25) is 0 Å². The molecule has 0 bridgehead atoms. The largest absolute Gasteiger partial charge is 0.357 e. The van der Waals surface area contributed by atoms with Crippen molar-refractivity contribution in [2.75, 3.05) is 59.4 Å². The highest BCUT2D eigenvalue weighted by Gasteiger charge is 2.13. The van der Waals surface area contributed by atoms with Gasteiger partial charge in [0.15, 0.2) is 5.96 Å². The van der Waals surface area contributed by atoms with Gasteiger partial charge in [0.2, 0.25) is 0 Å². The second kappa shape index (κ2) is 15.8. The minimum Gasteiger partial charge on any atom is -0.357 e. The van der Waals surface area contributed by atoms with Crippen LogP contribution in [0.5, 0.6) is 0 Å². The van der Waals surface area contributed by atoms with Gasteiger partial charge in [0.25, 0.3) is 0 Å². The zero-order valence-corrected chi connectivity index (χ0v) is 20.2. The van der Waals surface area contributed by atoms with E-state index in [1.165, 1.54) is 84.1 Å². The molecule has 2 rings (SSSR count). The Morgan fingerprint density at radius 1 is 0.963 bits per heavy atom. The molecule has 2 aliphatic rings. The van der Waals surface area contributed by atoms with Crippen molar-refractivity contribution in [3.05, 3.63) is 0 Å². The average Bonchev–Trinajstić information content (AvgIpc) is 2.87. The number of nitrogens with zero attached hydrogens (tertiary/aromatic N) is 3. The zero-order valence-electron chi connectivity index (χ0n) is 17.8. The Labute approximate surface area is 185 Å². The molecular formula is C21H44IN5. The SMILES string of the molecule is CCNC(=NCCCN1CCCN(C)CC1)NCCCC1CCCCC1.I. The van der Waals surface area contributed by atoms with Gasteiger partial charge in [0, 0.05) is 32.7 Å². The van der Waals surface area contributed by atoms with E-state index in [1.807, 2.05) is 0 Å². The van der Waals surface area contributed by atoms with E-state index < -0.39 is 0 Å². The summed E-state index contributed by atoms with van der Waals surface area (Å²) in [4.78, 5) is 9.82. The van der Waals surface area contributed by atoms with Gasteiger partial charge < -0.3 is 20.4 Å². The topological polar surface area (TPSA) is 42.9 Å². The minimum absolute atomic E-state index is 0. The summed E-state index contributed by atoms with van der Waals surface area (Å²) in [6, 6.07) is 0. The molecule has 0 atom stereocenters. The molecule has 2 fully saturated rings. The lowest BCUT2D eigenvalue weighted by atomic mass is 9.86. The second-order valence-electron chi connectivity index (χ2n) is 8.19. The first-order valence-electron chi connectivity index (χ1n) is 11.2. The Bertz CT molecular complexity index is 385. The second-order valence-corrected chi connectivity index (χ2v) is 8.19. The highest BCUT2D eigenvalue weighted by molar-refractivity contribution is 14.0. The first-order chi connectivity index (χ1) is 12.8. The lowest BCUT2D eigenvalue weighted by Gasteiger charge is -2.21. The minimum atomic E-state index is 0. The fourth-order valence-electron chi connectivity index (χ4n) is 4.22. The molecule has 2 N–H and O–H groups in total. The maximum absolute atomic E-state index is 4.78. The van der Waals surface area contributed by atoms with Gasteiger partial charge in [0.1, 0.15) is 0 Å². The van der Waals surface area contributed by atoms with Crippen molar-refractivity contribution < 1.29 is 0 Å². The molecule has 160 valence electrons. The molecule has 0 radical (unpaired) electrons. The number of guanidine groups is 1. The maximum atomic E-state index is 4.78. The van der Waals surface area contributed by atoms with E-state index in [2.05, 4.69) is 34.4 Å². The van der Waals surface area contributed by atoms with Crippen LogP contribution < -0.4 is 10.6 Å². The average molecular weight is 494 g/mol. The quantitative estimate of drug-likeness (QED) is 0.223. The van der Waals surface area contributed by atoms with Crippen molar-refractivity contribution in [1.29, 1.82) is 0 Å². The van der Waals surface area contributed by atoms with Crippen molar-refractivity contribution in [2.45, 2.75) is 64.7 Å². The molecule has 0 aromatic carbocycles. The predicted molar refractivity (Wildman–Crippen MR) is 128 cm³/mol. The van der Waals surface area contributed by atoms with Crippen LogP contribution in [0.15, 0.2) is 4.99 Å². The van der Waals surface area contributed by atoms with Crippen molar-refractivity contribution in [2.24, 2.45) is 10.9 Å².